The normalized spacial score (nSPS) is 17.5. The van der Waals surface area contributed by atoms with Gasteiger partial charge in [-0.3, -0.25) is 4.90 Å². The van der Waals surface area contributed by atoms with Crippen LogP contribution in [0.2, 0.25) is 0 Å². The summed E-state index contributed by atoms with van der Waals surface area (Å²) in [4.78, 5) is 2.35. The fraction of sp³-hybridized carbons (Fsp3) is 1.00. The quantitative estimate of drug-likeness (QED) is 0.631. The fourth-order valence-corrected chi connectivity index (χ4v) is 2.14. The molecule has 104 valence electrons. The smallest absolute Gasteiger partial charge is 0.158 e. The van der Waals surface area contributed by atoms with Crippen molar-refractivity contribution in [2.24, 2.45) is 5.73 Å². The molecule has 0 saturated carbocycles. The van der Waals surface area contributed by atoms with Crippen LogP contribution in [0, 0.1) is 0 Å². The maximum atomic E-state index is 5.95. The Kier molecular flexibility index (Phi) is 7.96. The molecule has 0 aliphatic carbocycles. The zero-order valence-electron chi connectivity index (χ0n) is 12.3. The summed E-state index contributed by atoms with van der Waals surface area (Å²) in [6.45, 7) is 7.22. The molecule has 0 aliphatic rings. The molecular weight excluding hydrogens is 216 g/mol. The van der Waals surface area contributed by atoms with Crippen molar-refractivity contribution in [3.8, 4) is 0 Å². The van der Waals surface area contributed by atoms with Gasteiger partial charge in [0.15, 0.2) is 6.29 Å². The van der Waals surface area contributed by atoms with Crippen LogP contribution in [0.15, 0.2) is 0 Å². The molecule has 0 amide bonds. The van der Waals surface area contributed by atoms with Gasteiger partial charge >= 0.3 is 0 Å². The molecule has 0 fully saturated rings. The monoisotopic (exact) mass is 246 g/mol. The Morgan fingerprint density at radius 1 is 1.29 bits per heavy atom. The number of ether oxygens (including phenoxy) is 2. The minimum atomic E-state index is -0.195. The summed E-state index contributed by atoms with van der Waals surface area (Å²) in [5, 5.41) is 0. The lowest BCUT2D eigenvalue weighted by Crippen LogP contribution is -2.55. The van der Waals surface area contributed by atoms with Crippen molar-refractivity contribution in [3.63, 3.8) is 0 Å². The predicted octanol–water partition coefficient (Wildman–Crippen LogP) is 1.83. The molecule has 0 saturated heterocycles. The first-order valence-electron chi connectivity index (χ1n) is 6.43. The van der Waals surface area contributed by atoms with E-state index < -0.39 is 0 Å². The lowest BCUT2D eigenvalue weighted by atomic mass is 9.93. The van der Waals surface area contributed by atoms with Crippen LogP contribution in [0.4, 0.5) is 0 Å². The number of nitrogens with zero attached hydrogens (tertiary/aromatic N) is 1. The van der Waals surface area contributed by atoms with Crippen molar-refractivity contribution >= 4 is 0 Å². The van der Waals surface area contributed by atoms with Crippen molar-refractivity contribution in [1.82, 2.24) is 4.90 Å². The molecule has 0 rings (SSSR count). The van der Waals surface area contributed by atoms with Gasteiger partial charge in [0.1, 0.15) is 0 Å². The van der Waals surface area contributed by atoms with E-state index in [9.17, 15) is 0 Å². The molecule has 2 unspecified atom stereocenters. The predicted molar refractivity (Wildman–Crippen MR) is 72.0 cm³/mol. The van der Waals surface area contributed by atoms with Crippen molar-refractivity contribution in [2.75, 3.05) is 27.8 Å². The van der Waals surface area contributed by atoms with Gasteiger partial charge in [-0.1, -0.05) is 13.3 Å². The number of rotatable bonds is 9. The maximum Gasteiger partial charge on any atom is 0.158 e. The Labute approximate surface area is 106 Å². The molecule has 0 aromatic carbocycles. The minimum Gasteiger partial charge on any atom is -0.356 e. The molecule has 0 spiro atoms. The Balaban J connectivity index is 4.63. The third-order valence-corrected chi connectivity index (χ3v) is 3.79. The largest absolute Gasteiger partial charge is 0.356 e. The first kappa shape index (κ1) is 16.8. The van der Waals surface area contributed by atoms with E-state index in [0.29, 0.717) is 12.6 Å². The SMILES string of the molecule is CCCC(C)N(C)C(C)(CN)CC(OC)OC. The second kappa shape index (κ2) is 8.03. The summed E-state index contributed by atoms with van der Waals surface area (Å²) in [7, 11) is 5.47. The highest BCUT2D eigenvalue weighted by molar-refractivity contribution is 4.89. The molecule has 4 nitrogen and oxygen atoms in total. The summed E-state index contributed by atoms with van der Waals surface area (Å²) in [5.41, 5.74) is 5.85. The van der Waals surface area contributed by atoms with E-state index in [-0.39, 0.29) is 11.8 Å². The van der Waals surface area contributed by atoms with Gasteiger partial charge in [-0.2, -0.15) is 0 Å². The highest BCUT2D eigenvalue weighted by atomic mass is 16.7. The molecule has 0 heterocycles. The van der Waals surface area contributed by atoms with Crippen LogP contribution >= 0.6 is 0 Å². The van der Waals surface area contributed by atoms with Crippen molar-refractivity contribution in [2.45, 2.75) is 57.9 Å². The van der Waals surface area contributed by atoms with Gasteiger partial charge in [0, 0.05) is 38.8 Å². The summed E-state index contributed by atoms with van der Waals surface area (Å²) in [5.74, 6) is 0. The van der Waals surface area contributed by atoms with Gasteiger partial charge in [0.05, 0.1) is 0 Å². The van der Waals surface area contributed by atoms with Gasteiger partial charge in [0.25, 0.3) is 0 Å². The van der Waals surface area contributed by atoms with Crippen LogP contribution < -0.4 is 5.73 Å². The Morgan fingerprint density at radius 2 is 1.82 bits per heavy atom. The molecule has 0 radical (unpaired) electrons. The number of likely N-dealkylation sites (N-methyl/N-ethyl adjacent to an activating group) is 1. The lowest BCUT2D eigenvalue weighted by molar-refractivity contribution is -0.129. The first-order valence-corrected chi connectivity index (χ1v) is 6.43. The fourth-order valence-electron chi connectivity index (χ4n) is 2.14. The zero-order valence-corrected chi connectivity index (χ0v) is 12.3. The minimum absolute atomic E-state index is 0.0920. The van der Waals surface area contributed by atoms with Gasteiger partial charge in [0.2, 0.25) is 0 Å². The van der Waals surface area contributed by atoms with Crippen LogP contribution in [0.25, 0.3) is 0 Å². The molecular formula is C13H30N2O2. The van der Waals surface area contributed by atoms with Gasteiger partial charge in [-0.25, -0.2) is 0 Å². The summed E-state index contributed by atoms with van der Waals surface area (Å²) >= 11 is 0. The second-order valence-corrected chi connectivity index (χ2v) is 5.05. The standard InChI is InChI=1S/C13H30N2O2/c1-7-8-11(2)15(4)13(3,10-14)9-12(16-5)17-6/h11-12H,7-10,14H2,1-6H3. The molecule has 0 aromatic rings. The highest BCUT2D eigenvalue weighted by Gasteiger charge is 2.33. The molecule has 2 N–H and O–H groups in total. The summed E-state index contributed by atoms with van der Waals surface area (Å²) < 4.78 is 10.6. The Bertz CT molecular complexity index is 198. The van der Waals surface area contributed by atoms with Crippen molar-refractivity contribution in [3.05, 3.63) is 0 Å². The van der Waals surface area contributed by atoms with Crippen LogP contribution in [0.1, 0.15) is 40.0 Å². The van der Waals surface area contributed by atoms with Gasteiger partial charge in [-0.15, -0.1) is 0 Å². The first-order chi connectivity index (χ1) is 7.95. The van der Waals surface area contributed by atoms with E-state index in [2.05, 4.69) is 32.7 Å². The van der Waals surface area contributed by atoms with Gasteiger partial charge < -0.3 is 15.2 Å². The Morgan fingerprint density at radius 3 is 2.18 bits per heavy atom. The van der Waals surface area contributed by atoms with Gasteiger partial charge in [-0.05, 0) is 27.3 Å². The van der Waals surface area contributed by atoms with Crippen molar-refractivity contribution in [1.29, 1.82) is 0 Å². The second-order valence-electron chi connectivity index (χ2n) is 5.05. The average Bonchev–Trinajstić information content (AvgIpc) is 2.34. The van der Waals surface area contributed by atoms with Crippen molar-refractivity contribution < 1.29 is 9.47 Å². The molecule has 17 heavy (non-hydrogen) atoms. The summed E-state index contributed by atoms with van der Waals surface area (Å²) in [6, 6.07) is 0.517. The molecule has 0 aliphatic heterocycles. The number of methoxy groups -OCH3 is 2. The topological polar surface area (TPSA) is 47.7 Å². The van der Waals surface area contributed by atoms with Crippen LogP contribution in [0.3, 0.4) is 0 Å². The maximum absolute atomic E-state index is 5.95. The number of hydrogen-bond acceptors (Lipinski definition) is 4. The zero-order chi connectivity index (χ0) is 13.5. The van der Waals surface area contributed by atoms with Crippen LogP contribution in [0.5, 0.6) is 0 Å². The average molecular weight is 246 g/mol. The molecule has 4 heteroatoms. The lowest BCUT2D eigenvalue weighted by Gasteiger charge is -2.43. The van der Waals surface area contributed by atoms with E-state index in [1.54, 1.807) is 14.2 Å². The number of hydrogen-bond donors (Lipinski definition) is 1. The van der Waals surface area contributed by atoms with E-state index in [1.807, 2.05) is 0 Å². The van der Waals surface area contributed by atoms with E-state index >= 15 is 0 Å². The van der Waals surface area contributed by atoms with Crippen LogP contribution in [-0.2, 0) is 9.47 Å². The van der Waals surface area contributed by atoms with E-state index in [0.717, 1.165) is 6.42 Å². The summed E-state index contributed by atoms with van der Waals surface area (Å²) in [6.07, 6.45) is 2.95. The third kappa shape index (κ3) is 4.92. The highest BCUT2D eigenvalue weighted by Crippen LogP contribution is 2.24. The molecule has 0 aromatic heterocycles. The number of nitrogens with two attached hydrogens (primary N) is 1. The third-order valence-electron chi connectivity index (χ3n) is 3.79. The molecule has 0 bridgehead atoms. The van der Waals surface area contributed by atoms with E-state index in [4.69, 9.17) is 15.2 Å². The Hall–Kier alpha value is -0.160. The van der Waals surface area contributed by atoms with E-state index in [1.165, 1.54) is 12.8 Å². The molecule has 2 atom stereocenters. The van der Waals surface area contributed by atoms with Crippen LogP contribution in [-0.4, -0.2) is 50.6 Å².